The molecular weight excluding hydrogens is 805 g/mol. The smallest absolute Gasteiger partial charge is 0.329 e. The van der Waals surface area contributed by atoms with Crippen molar-refractivity contribution in [3.63, 3.8) is 0 Å². The number of carbonyl (C=O) groups excluding carboxylic acids is 3. The van der Waals surface area contributed by atoms with Crippen molar-refractivity contribution in [3.05, 3.63) is 70.2 Å². The predicted molar refractivity (Wildman–Crippen MR) is 224 cm³/mol. The van der Waals surface area contributed by atoms with Gasteiger partial charge in [-0.2, -0.15) is 10.2 Å². The number of rotatable bonds is 13. The van der Waals surface area contributed by atoms with Crippen molar-refractivity contribution in [2.24, 2.45) is 13.0 Å². The van der Waals surface area contributed by atoms with Crippen LogP contribution >= 0.6 is 0 Å². The van der Waals surface area contributed by atoms with E-state index in [2.05, 4.69) is 35.6 Å². The van der Waals surface area contributed by atoms with Gasteiger partial charge in [0.1, 0.15) is 17.4 Å². The van der Waals surface area contributed by atoms with Crippen LogP contribution in [0.2, 0.25) is 0 Å². The Morgan fingerprint density at radius 3 is 2.56 bits per heavy atom. The Bertz CT molecular complexity index is 2490. The number of ether oxygens (including phenoxy) is 2. The van der Waals surface area contributed by atoms with Crippen molar-refractivity contribution < 1.29 is 32.6 Å². The SMILES string of the molecule is Cn1c(=O)n(C2CCC(=O)NC2=O)c2cccc(CCCOC3CCN(CC4CCC(n5cc(NC(=O)c6cnn7ccc(N8CCOCC8)nc67)c(C(F)F)n5)CC4)CC3)c21. The number of aromatic nitrogens is 7. The number of piperidine rings is 2. The van der Waals surface area contributed by atoms with Gasteiger partial charge in [-0.3, -0.25) is 33.5 Å². The van der Waals surface area contributed by atoms with E-state index in [1.165, 1.54) is 21.5 Å². The first-order chi connectivity index (χ1) is 30.1. The zero-order valence-corrected chi connectivity index (χ0v) is 34.9. The van der Waals surface area contributed by atoms with Crippen molar-refractivity contribution in [1.29, 1.82) is 0 Å². The summed E-state index contributed by atoms with van der Waals surface area (Å²) in [7, 11) is 1.72. The van der Waals surface area contributed by atoms with Gasteiger partial charge in [0, 0.05) is 65.2 Å². The molecule has 0 spiro atoms. The van der Waals surface area contributed by atoms with Gasteiger partial charge in [0.25, 0.3) is 12.3 Å². The maximum Gasteiger partial charge on any atom is 0.329 e. The summed E-state index contributed by atoms with van der Waals surface area (Å²) in [6.45, 7) is 6.03. The number of aryl methyl sites for hydroxylation is 2. The third kappa shape index (κ3) is 8.61. The molecule has 1 aliphatic carbocycles. The van der Waals surface area contributed by atoms with E-state index >= 15 is 0 Å². The van der Waals surface area contributed by atoms with Crippen LogP contribution in [0.1, 0.15) is 97.9 Å². The molecule has 5 aromatic rings. The molecule has 17 nitrogen and oxygen atoms in total. The second kappa shape index (κ2) is 18.1. The van der Waals surface area contributed by atoms with Gasteiger partial charge in [-0.25, -0.2) is 23.1 Å². The van der Waals surface area contributed by atoms with Crippen molar-refractivity contribution in [2.75, 3.05) is 62.8 Å². The summed E-state index contributed by atoms with van der Waals surface area (Å²) in [5.74, 6) is -0.134. The van der Waals surface area contributed by atoms with E-state index < -0.39 is 30.0 Å². The largest absolute Gasteiger partial charge is 0.378 e. The fourth-order valence-corrected chi connectivity index (χ4v) is 9.71. The first kappa shape index (κ1) is 41.8. The van der Waals surface area contributed by atoms with E-state index in [0.717, 1.165) is 82.1 Å². The molecule has 0 radical (unpaired) electrons. The molecule has 1 saturated carbocycles. The average molecular weight is 858 g/mol. The maximum absolute atomic E-state index is 14.3. The molecule has 4 fully saturated rings. The minimum Gasteiger partial charge on any atom is -0.378 e. The Labute approximate surface area is 356 Å². The molecule has 3 aliphatic heterocycles. The van der Waals surface area contributed by atoms with E-state index in [4.69, 9.17) is 9.47 Å². The number of amides is 3. The van der Waals surface area contributed by atoms with Crippen LogP contribution in [0.15, 0.2) is 47.7 Å². The van der Waals surface area contributed by atoms with Crippen molar-refractivity contribution in [3.8, 4) is 0 Å². The van der Waals surface area contributed by atoms with Crippen LogP contribution in [0.25, 0.3) is 16.7 Å². The molecule has 62 heavy (non-hydrogen) atoms. The number of likely N-dealkylation sites (tertiary alicyclic amines) is 1. The molecule has 1 aromatic carbocycles. The average Bonchev–Trinajstić information content (AvgIpc) is 3.98. The monoisotopic (exact) mass is 857 g/mol. The highest BCUT2D eigenvalue weighted by Crippen LogP contribution is 2.36. The Kier molecular flexibility index (Phi) is 12.2. The van der Waals surface area contributed by atoms with Crippen LogP contribution in [-0.2, 0) is 32.5 Å². The standard InChI is InChI=1S/C43H53F2N11O6/c1-51-38-28(4-2-6-33(38)56(43(51)60)34-11-12-36(57)49-42(34)59)5-3-21-62-30-13-16-52(17-14-30)25-27-7-9-29(10-8-27)55-26-32(37(50-55)39(44)45)47-41(58)31-24-46-54-18-15-35(48-40(31)54)53-19-22-61-23-20-53/h2,4,6,15,18,24,26-27,29-30,34,39H,3,5,7-14,16-17,19-23,25H2,1H3,(H,47,58)(H,49,57,59). The van der Waals surface area contributed by atoms with Gasteiger partial charge in [-0.1, -0.05) is 12.1 Å². The molecule has 19 heteroatoms. The summed E-state index contributed by atoms with van der Waals surface area (Å²) in [4.78, 5) is 60.3. The zero-order valence-electron chi connectivity index (χ0n) is 34.9. The third-order valence-corrected chi connectivity index (χ3v) is 13.0. The van der Waals surface area contributed by atoms with Crippen molar-refractivity contribution in [1.82, 2.24) is 43.7 Å². The lowest BCUT2D eigenvalue weighted by Crippen LogP contribution is -2.44. The fourth-order valence-electron chi connectivity index (χ4n) is 9.71. The molecule has 1 unspecified atom stereocenters. The van der Waals surface area contributed by atoms with Gasteiger partial charge in [0.2, 0.25) is 11.8 Å². The van der Waals surface area contributed by atoms with Crippen molar-refractivity contribution in [2.45, 2.75) is 88.8 Å². The summed E-state index contributed by atoms with van der Waals surface area (Å²) >= 11 is 0. The second-order valence-corrected chi connectivity index (χ2v) is 17.0. The molecule has 4 aromatic heterocycles. The lowest BCUT2D eigenvalue weighted by Gasteiger charge is -2.36. The van der Waals surface area contributed by atoms with Crippen molar-refractivity contribution >= 4 is 45.9 Å². The van der Waals surface area contributed by atoms with Gasteiger partial charge >= 0.3 is 5.69 Å². The number of hydrogen-bond acceptors (Lipinski definition) is 11. The van der Waals surface area contributed by atoms with Crippen LogP contribution in [0.5, 0.6) is 0 Å². The van der Waals surface area contributed by atoms with Gasteiger partial charge in [0.15, 0.2) is 11.3 Å². The highest BCUT2D eigenvalue weighted by Gasteiger charge is 2.33. The van der Waals surface area contributed by atoms with Gasteiger partial charge in [0.05, 0.1) is 48.3 Å². The first-order valence-electron chi connectivity index (χ1n) is 21.8. The number of imide groups is 1. The number of nitrogens with zero attached hydrogens (tertiary/aromatic N) is 9. The number of hydrogen-bond donors (Lipinski definition) is 2. The number of nitrogens with one attached hydrogen (secondary N) is 2. The molecule has 2 N–H and O–H groups in total. The van der Waals surface area contributed by atoms with Gasteiger partial charge < -0.3 is 24.6 Å². The number of imidazole rings is 1. The molecule has 0 bridgehead atoms. The summed E-state index contributed by atoms with van der Waals surface area (Å²) in [6, 6.07) is 6.86. The maximum atomic E-state index is 14.3. The number of carbonyl (C=O) groups is 3. The number of benzene rings is 1. The molecule has 7 heterocycles. The molecule has 9 rings (SSSR count). The van der Waals surface area contributed by atoms with Crippen LogP contribution in [0.4, 0.5) is 20.3 Å². The van der Waals surface area contributed by atoms with E-state index in [-0.39, 0.29) is 41.4 Å². The van der Waals surface area contributed by atoms with Crippen LogP contribution in [0.3, 0.4) is 0 Å². The molecule has 3 amide bonds. The van der Waals surface area contributed by atoms with Gasteiger partial charge in [-0.15, -0.1) is 0 Å². The number of alkyl halides is 2. The normalized spacial score (nSPS) is 21.9. The van der Waals surface area contributed by atoms with E-state index in [9.17, 15) is 28.0 Å². The quantitative estimate of drug-likeness (QED) is 0.127. The van der Waals surface area contributed by atoms with E-state index in [1.807, 2.05) is 24.3 Å². The summed E-state index contributed by atoms with van der Waals surface area (Å²) < 4.78 is 46.5. The minimum atomic E-state index is -2.86. The lowest BCUT2D eigenvalue weighted by atomic mass is 9.85. The van der Waals surface area contributed by atoms with E-state index in [0.29, 0.717) is 62.2 Å². The number of fused-ring (bicyclic) bond motifs is 2. The van der Waals surface area contributed by atoms with Gasteiger partial charge in [-0.05, 0) is 81.4 Å². The Morgan fingerprint density at radius 1 is 1.02 bits per heavy atom. The van der Waals surface area contributed by atoms with Crippen LogP contribution in [0, 0.1) is 5.92 Å². The zero-order chi connectivity index (χ0) is 42.9. The fraction of sp³-hybridized carbons (Fsp3) is 0.558. The lowest BCUT2D eigenvalue weighted by molar-refractivity contribution is -0.135. The molecule has 3 saturated heterocycles. The summed E-state index contributed by atoms with van der Waals surface area (Å²) in [6.07, 6.45) is 9.46. The molecule has 4 aliphatic rings. The molecule has 1 atom stereocenters. The Balaban J connectivity index is 0.729. The highest BCUT2D eigenvalue weighted by molar-refractivity contribution is 6.08. The van der Waals surface area contributed by atoms with Crippen LogP contribution in [-0.4, -0.2) is 115 Å². The summed E-state index contributed by atoms with van der Waals surface area (Å²) in [5.41, 5.74) is 2.32. The highest BCUT2D eigenvalue weighted by atomic mass is 19.3. The minimum absolute atomic E-state index is 0.00747. The Morgan fingerprint density at radius 2 is 1.81 bits per heavy atom. The third-order valence-electron chi connectivity index (χ3n) is 13.0. The molecule has 330 valence electrons. The number of para-hydroxylation sites is 1. The summed E-state index contributed by atoms with van der Waals surface area (Å²) in [5, 5.41) is 13.6. The number of morpholine rings is 1. The number of anilines is 2. The predicted octanol–water partition coefficient (Wildman–Crippen LogP) is 4.43. The number of halogens is 2. The molecular formula is C43H53F2N11O6. The second-order valence-electron chi connectivity index (χ2n) is 17.0. The first-order valence-corrected chi connectivity index (χ1v) is 21.8. The Hall–Kier alpha value is -5.53. The van der Waals surface area contributed by atoms with E-state index in [1.54, 1.807) is 22.5 Å². The van der Waals surface area contributed by atoms with Crippen LogP contribution < -0.4 is 21.2 Å². The topological polar surface area (TPSA) is 175 Å².